The van der Waals surface area contributed by atoms with Crippen molar-refractivity contribution in [2.45, 2.75) is 19.4 Å². The molecule has 1 aliphatic heterocycles. The van der Waals surface area contributed by atoms with E-state index in [0.717, 1.165) is 30.6 Å². The fourth-order valence-corrected chi connectivity index (χ4v) is 3.33. The highest BCUT2D eigenvalue weighted by molar-refractivity contribution is 6.30. The van der Waals surface area contributed by atoms with Crippen molar-refractivity contribution in [3.05, 3.63) is 82.6 Å². The average molecular weight is 379 g/mol. The number of aromatic nitrogens is 2. The molecule has 1 amide bonds. The molecule has 1 N–H and O–H groups in total. The molecule has 0 unspecified atom stereocenters. The van der Waals surface area contributed by atoms with Crippen LogP contribution in [0.5, 0.6) is 0 Å². The molecule has 5 nitrogen and oxygen atoms in total. The highest BCUT2D eigenvalue weighted by atomic mass is 35.5. The van der Waals surface area contributed by atoms with Crippen LogP contribution in [0.25, 0.3) is 0 Å². The number of anilines is 2. The number of carbonyl (C=O) groups is 1. The van der Waals surface area contributed by atoms with Gasteiger partial charge in [0.15, 0.2) is 0 Å². The molecule has 1 aliphatic rings. The number of nitrogens with zero attached hydrogens (tertiary/aromatic N) is 3. The molecule has 0 atom stereocenters. The predicted octanol–water partition coefficient (Wildman–Crippen LogP) is 4.14. The minimum atomic E-state index is -0.199. The number of hydrogen-bond acceptors (Lipinski definition) is 4. The molecule has 6 heteroatoms. The minimum absolute atomic E-state index is 0.199. The second-order valence-electron chi connectivity index (χ2n) is 6.46. The van der Waals surface area contributed by atoms with E-state index < -0.39 is 0 Å². The second-order valence-corrected chi connectivity index (χ2v) is 6.90. The number of hydrogen-bond donors (Lipinski definition) is 1. The maximum atomic E-state index is 12.3. The maximum absolute atomic E-state index is 12.3. The molecule has 0 radical (unpaired) electrons. The van der Waals surface area contributed by atoms with Gasteiger partial charge in [-0.2, -0.15) is 0 Å². The Labute approximate surface area is 163 Å². The van der Waals surface area contributed by atoms with Crippen LogP contribution < -0.4 is 10.2 Å². The summed E-state index contributed by atoms with van der Waals surface area (Å²) in [7, 11) is 0. The van der Waals surface area contributed by atoms with Gasteiger partial charge in [-0.1, -0.05) is 41.9 Å². The van der Waals surface area contributed by atoms with Gasteiger partial charge in [0.05, 0.1) is 5.56 Å². The van der Waals surface area contributed by atoms with E-state index in [9.17, 15) is 4.79 Å². The maximum Gasteiger partial charge on any atom is 0.254 e. The number of nitrogens with one attached hydrogen (secondary N) is 1. The van der Waals surface area contributed by atoms with Crippen LogP contribution in [-0.4, -0.2) is 22.4 Å². The molecule has 27 heavy (non-hydrogen) atoms. The Morgan fingerprint density at radius 3 is 2.59 bits per heavy atom. The van der Waals surface area contributed by atoms with Crippen molar-refractivity contribution in [2.24, 2.45) is 0 Å². The van der Waals surface area contributed by atoms with Gasteiger partial charge in [-0.05, 0) is 42.2 Å². The van der Waals surface area contributed by atoms with Crippen LogP contribution in [0.2, 0.25) is 5.02 Å². The van der Waals surface area contributed by atoms with Crippen molar-refractivity contribution in [1.29, 1.82) is 0 Å². The third-order valence-electron chi connectivity index (χ3n) is 4.62. The first-order valence-electron chi connectivity index (χ1n) is 8.91. The highest BCUT2D eigenvalue weighted by Gasteiger charge is 2.20. The number of fused-ring (bicyclic) bond motifs is 1. The molecule has 0 fully saturated rings. The summed E-state index contributed by atoms with van der Waals surface area (Å²) in [4.78, 5) is 23.3. The normalized spacial score (nSPS) is 13.1. The first kappa shape index (κ1) is 17.5. The van der Waals surface area contributed by atoms with Gasteiger partial charge in [0.2, 0.25) is 5.95 Å². The zero-order valence-electron chi connectivity index (χ0n) is 14.7. The summed E-state index contributed by atoms with van der Waals surface area (Å²) in [6.45, 7) is 1.30. The van der Waals surface area contributed by atoms with Crippen molar-refractivity contribution in [3.8, 4) is 0 Å². The largest absolute Gasteiger partial charge is 0.348 e. The molecular weight excluding hydrogens is 360 g/mol. The van der Waals surface area contributed by atoms with Gasteiger partial charge in [0, 0.05) is 36.2 Å². The lowest BCUT2D eigenvalue weighted by Gasteiger charge is -2.29. The SMILES string of the molecule is O=C(NCc1ccc(Cl)cc1)c1cnc(N2CCCc3ccccc32)nc1. The van der Waals surface area contributed by atoms with Crippen LogP contribution in [0.3, 0.4) is 0 Å². The van der Waals surface area contributed by atoms with E-state index in [0.29, 0.717) is 23.1 Å². The standard InChI is InChI=1S/C21H19ClN4O/c22-18-9-7-15(8-10-18)12-23-20(27)17-13-24-21(25-14-17)26-11-3-5-16-4-1-2-6-19(16)26/h1-2,4,6-10,13-14H,3,5,11-12H2,(H,23,27). The summed E-state index contributed by atoms with van der Waals surface area (Å²) in [6, 6.07) is 15.7. The lowest BCUT2D eigenvalue weighted by atomic mass is 10.0. The Morgan fingerprint density at radius 2 is 1.81 bits per heavy atom. The minimum Gasteiger partial charge on any atom is -0.348 e. The van der Waals surface area contributed by atoms with Crippen LogP contribution in [0.1, 0.15) is 27.9 Å². The average Bonchev–Trinajstić information content (AvgIpc) is 2.73. The summed E-state index contributed by atoms with van der Waals surface area (Å²) >= 11 is 5.87. The molecule has 0 bridgehead atoms. The molecule has 0 spiro atoms. The van der Waals surface area contributed by atoms with E-state index in [1.54, 1.807) is 24.5 Å². The van der Waals surface area contributed by atoms with Gasteiger partial charge in [-0.25, -0.2) is 9.97 Å². The smallest absolute Gasteiger partial charge is 0.254 e. The monoisotopic (exact) mass is 378 g/mol. The molecule has 1 aromatic heterocycles. The number of amides is 1. The van der Waals surface area contributed by atoms with Gasteiger partial charge < -0.3 is 10.2 Å². The van der Waals surface area contributed by atoms with Crippen LogP contribution in [0, 0.1) is 0 Å². The Morgan fingerprint density at radius 1 is 1.07 bits per heavy atom. The number of benzene rings is 2. The third kappa shape index (κ3) is 3.93. The van der Waals surface area contributed by atoms with Gasteiger partial charge >= 0.3 is 0 Å². The second kappa shape index (κ2) is 7.76. The van der Waals surface area contributed by atoms with Crippen molar-refractivity contribution in [2.75, 3.05) is 11.4 Å². The number of para-hydroxylation sites is 1. The Balaban J connectivity index is 1.44. The highest BCUT2D eigenvalue weighted by Crippen LogP contribution is 2.30. The number of halogens is 1. The quantitative estimate of drug-likeness (QED) is 0.741. The lowest BCUT2D eigenvalue weighted by molar-refractivity contribution is 0.0950. The van der Waals surface area contributed by atoms with Gasteiger partial charge in [-0.15, -0.1) is 0 Å². The van der Waals surface area contributed by atoms with E-state index in [-0.39, 0.29) is 5.91 Å². The van der Waals surface area contributed by atoms with Crippen LogP contribution in [0.4, 0.5) is 11.6 Å². The predicted molar refractivity (Wildman–Crippen MR) is 106 cm³/mol. The Bertz CT molecular complexity index is 941. The molecule has 0 saturated carbocycles. The zero-order valence-corrected chi connectivity index (χ0v) is 15.5. The molecule has 0 saturated heterocycles. The Hall–Kier alpha value is -2.92. The topological polar surface area (TPSA) is 58.1 Å². The van der Waals surface area contributed by atoms with E-state index in [1.807, 2.05) is 18.2 Å². The summed E-state index contributed by atoms with van der Waals surface area (Å²) < 4.78 is 0. The van der Waals surface area contributed by atoms with Crippen molar-refractivity contribution < 1.29 is 4.79 Å². The van der Waals surface area contributed by atoms with Gasteiger partial charge in [0.1, 0.15) is 0 Å². The first-order valence-corrected chi connectivity index (χ1v) is 9.28. The summed E-state index contributed by atoms with van der Waals surface area (Å²) in [6.07, 6.45) is 5.29. The van der Waals surface area contributed by atoms with Gasteiger partial charge in [0.25, 0.3) is 5.91 Å². The fourth-order valence-electron chi connectivity index (χ4n) is 3.21. The van der Waals surface area contributed by atoms with E-state index >= 15 is 0 Å². The number of aryl methyl sites for hydroxylation is 1. The number of carbonyl (C=O) groups excluding carboxylic acids is 1. The lowest BCUT2D eigenvalue weighted by Crippen LogP contribution is -2.27. The van der Waals surface area contributed by atoms with Crippen molar-refractivity contribution in [1.82, 2.24) is 15.3 Å². The van der Waals surface area contributed by atoms with E-state index in [2.05, 4.69) is 38.4 Å². The summed E-state index contributed by atoms with van der Waals surface area (Å²) in [5, 5.41) is 3.55. The third-order valence-corrected chi connectivity index (χ3v) is 4.87. The van der Waals surface area contributed by atoms with E-state index in [4.69, 9.17) is 11.6 Å². The molecule has 2 aromatic carbocycles. The summed E-state index contributed by atoms with van der Waals surface area (Å²) in [5.74, 6) is 0.423. The van der Waals surface area contributed by atoms with Crippen molar-refractivity contribution >= 4 is 29.1 Å². The van der Waals surface area contributed by atoms with Crippen LogP contribution in [-0.2, 0) is 13.0 Å². The van der Waals surface area contributed by atoms with Crippen LogP contribution in [0.15, 0.2) is 60.9 Å². The molecule has 2 heterocycles. The van der Waals surface area contributed by atoms with Gasteiger partial charge in [-0.3, -0.25) is 4.79 Å². The molecule has 4 rings (SSSR count). The molecule has 3 aromatic rings. The zero-order chi connectivity index (χ0) is 18.6. The molecular formula is C21H19ClN4O. The van der Waals surface area contributed by atoms with Crippen LogP contribution >= 0.6 is 11.6 Å². The number of rotatable bonds is 4. The fraction of sp³-hybridized carbons (Fsp3) is 0.190. The van der Waals surface area contributed by atoms with E-state index in [1.165, 1.54) is 5.56 Å². The molecule has 136 valence electrons. The first-order chi connectivity index (χ1) is 13.2. The molecule has 0 aliphatic carbocycles. The van der Waals surface area contributed by atoms with Crippen molar-refractivity contribution in [3.63, 3.8) is 0 Å². The summed E-state index contributed by atoms with van der Waals surface area (Å²) in [5.41, 5.74) is 3.87. The Kier molecular flexibility index (Phi) is 5.03.